The first-order chi connectivity index (χ1) is 8.04. The van der Waals surface area contributed by atoms with E-state index in [1.807, 2.05) is 20.0 Å². The molecular formula is C11H18N2O2S2. The monoisotopic (exact) mass is 274 g/mol. The van der Waals surface area contributed by atoms with E-state index in [0.29, 0.717) is 17.3 Å². The van der Waals surface area contributed by atoms with E-state index in [0.717, 1.165) is 17.7 Å². The average molecular weight is 274 g/mol. The molecule has 1 aromatic rings. The predicted octanol–water partition coefficient (Wildman–Crippen LogP) is 1.43. The predicted molar refractivity (Wildman–Crippen MR) is 69.9 cm³/mol. The Labute approximate surface area is 107 Å². The minimum atomic E-state index is -3.27. The molecule has 1 unspecified atom stereocenters. The number of sulfonamides is 1. The quantitative estimate of drug-likeness (QED) is 0.907. The van der Waals surface area contributed by atoms with Crippen LogP contribution in [0.15, 0.2) is 16.3 Å². The van der Waals surface area contributed by atoms with Gasteiger partial charge >= 0.3 is 0 Å². The molecule has 0 aromatic carbocycles. The first-order valence-electron chi connectivity index (χ1n) is 5.78. The first kappa shape index (κ1) is 13.0. The summed E-state index contributed by atoms with van der Waals surface area (Å²) in [7, 11) is -1.39. The fraction of sp³-hybridized carbons (Fsp3) is 0.636. The number of rotatable bonds is 3. The number of nitrogens with zero attached hydrogens (tertiary/aromatic N) is 1. The lowest BCUT2D eigenvalue weighted by atomic mass is 10.1. The molecule has 0 radical (unpaired) electrons. The minimum absolute atomic E-state index is 0.277. The van der Waals surface area contributed by atoms with Crippen molar-refractivity contribution in [3.63, 3.8) is 0 Å². The van der Waals surface area contributed by atoms with E-state index in [2.05, 4.69) is 5.32 Å². The summed E-state index contributed by atoms with van der Waals surface area (Å²) >= 11 is 1.35. The summed E-state index contributed by atoms with van der Waals surface area (Å²) in [6.07, 6.45) is 1.97. The second-order valence-electron chi connectivity index (χ2n) is 4.36. The summed E-state index contributed by atoms with van der Waals surface area (Å²) < 4.78 is 26.8. The van der Waals surface area contributed by atoms with Crippen LogP contribution in [-0.2, 0) is 10.0 Å². The van der Waals surface area contributed by atoms with Crippen molar-refractivity contribution in [2.45, 2.75) is 30.0 Å². The van der Waals surface area contributed by atoms with Crippen LogP contribution in [0.4, 0.5) is 0 Å². The van der Waals surface area contributed by atoms with Crippen molar-refractivity contribution in [2.75, 3.05) is 20.1 Å². The van der Waals surface area contributed by atoms with Gasteiger partial charge in [-0.05, 0) is 38.9 Å². The van der Waals surface area contributed by atoms with Crippen molar-refractivity contribution >= 4 is 21.4 Å². The molecule has 2 rings (SSSR count). The molecule has 6 heteroatoms. The van der Waals surface area contributed by atoms with Crippen LogP contribution in [0.2, 0.25) is 0 Å². The van der Waals surface area contributed by atoms with Crippen molar-refractivity contribution in [1.29, 1.82) is 0 Å². The molecule has 4 nitrogen and oxygen atoms in total. The Morgan fingerprint density at radius 1 is 1.47 bits per heavy atom. The van der Waals surface area contributed by atoms with Crippen LogP contribution in [0.3, 0.4) is 0 Å². The SMILES string of the molecule is CNC1CCCN(S(=O)(=O)c2ccc(C)s2)C1. The van der Waals surface area contributed by atoms with Crippen LogP contribution in [0.5, 0.6) is 0 Å². The maximum atomic E-state index is 12.4. The lowest BCUT2D eigenvalue weighted by Gasteiger charge is -2.31. The van der Waals surface area contributed by atoms with Gasteiger partial charge in [0.05, 0.1) is 0 Å². The highest BCUT2D eigenvalue weighted by atomic mass is 32.2. The molecule has 0 saturated carbocycles. The van der Waals surface area contributed by atoms with Crippen molar-refractivity contribution < 1.29 is 8.42 Å². The van der Waals surface area contributed by atoms with E-state index in [9.17, 15) is 8.42 Å². The second-order valence-corrected chi connectivity index (χ2v) is 7.81. The molecule has 0 amide bonds. The largest absolute Gasteiger partial charge is 0.316 e. The fourth-order valence-corrected chi connectivity index (χ4v) is 5.04. The summed E-state index contributed by atoms with van der Waals surface area (Å²) in [5.74, 6) is 0. The third kappa shape index (κ3) is 2.70. The second kappa shape index (κ2) is 5.06. The van der Waals surface area contributed by atoms with Crippen molar-refractivity contribution in [1.82, 2.24) is 9.62 Å². The maximum Gasteiger partial charge on any atom is 0.252 e. The van der Waals surface area contributed by atoms with Gasteiger partial charge in [-0.1, -0.05) is 0 Å². The Balaban J connectivity index is 2.21. The molecule has 0 aliphatic carbocycles. The smallest absolute Gasteiger partial charge is 0.252 e. The molecule has 1 aromatic heterocycles. The molecule has 2 heterocycles. The Hall–Kier alpha value is -0.430. The highest BCUT2D eigenvalue weighted by Crippen LogP contribution is 2.26. The first-order valence-corrected chi connectivity index (χ1v) is 8.03. The normalized spacial score (nSPS) is 22.8. The number of aryl methyl sites for hydroxylation is 1. The van der Waals surface area contributed by atoms with Gasteiger partial charge in [0.1, 0.15) is 4.21 Å². The summed E-state index contributed by atoms with van der Waals surface area (Å²) in [4.78, 5) is 1.03. The standard InChI is InChI=1S/C11H18N2O2S2/c1-9-5-6-11(16-9)17(14,15)13-7-3-4-10(8-13)12-2/h5-6,10,12H,3-4,7-8H2,1-2H3. The van der Waals surface area contributed by atoms with Crippen LogP contribution >= 0.6 is 11.3 Å². The number of nitrogens with one attached hydrogen (secondary N) is 1. The van der Waals surface area contributed by atoms with Crippen molar-refractivity contribution in [2.24, 2.45) is 0 Å². The van der Waals surface area contributed by atoms with E-state index >= 15 is 0 Å². The molecule has 1 saturated heterocycles. The van der Waals surface area contributed by atoms with Gasteiger partial charge in [-0.25, -0.2) is 8.42 Å². The van der Waals surface area contributed by atoms with E-state index < -0.39 is 10.0 Å². The fourth-order valence-electron chi connectivity index (χ4n) is 2.07. The van der Waals surface area contributed by atoms with Crippen LogP contribution in [-0.4, -0.2) is 38.9 Å². The van der Waals surface area contributed by atoms with Crippen LogP contribution in [0, 0.1) is 6.92 Å². The number of thiophene rings is 1. The van der Waals surface area contributed by atoms with Gasteiger partial charge in [-0.3, -0.25) is 0 Å². The van der Waals surface area contributed by atoms with Crippen LogP contribution in [0.25, 0.3) is 0 Å². The number of piperidine rings is 1. The van der Waals surface area contributed by atoms with Gasteiger partial charge in [-0.15, -0.1) is 11.3 Å². The Bertz CT molecular complexity index is 481. The molecule has 17 heavy (non-hydrogen) atoms. The van der Waals surface area contributed by atoms with Crippen molar-refractivity contribution in [3.05, 3.63) is 17.0 Å². The highest BCUT2D eigenvalue weighted by Gasteiger charge is 2.30. The summed E-state index contributed by atoms with van der Waals surface area (Å²) in [5.41, 5.74) is 0. The molecule has 96 valence electrons. The average Bonchev–Trinajstić information content (AvgIpc) is 2.76. The summed E-state index contributed by atoms with van der Waals surface area (Å²) in [6, 6.07) is 3.84. The molecule has 1 N–H and O–H groups in total. The van der Waals surface area contributed by atoms with Gasteiger partial charge in [0.2, 0.25) is 0 Å². The van der Waals surface area contributed by atoms with Gasteiger partial charge < -0.3 is 5.32 Å². The third-order valence-corrected chi connectivity index (χ3v) is 6.44. The van der Waals surface area contributed by atoms with E-state index in [1.165, 1.54) is 11.3 Å². The lowest BCUT2D eigenvalue weighted by molar-refractivity contribution is 0.293. The Kier molecular flexibility index (Phi) is 3.87. The van der Waals surface area contributed by atoms with E-state index in [-0.39, 0.29) is 6.04 Å². The topological polar surface area (TPSA) is 49.4 Å². The van der Waals surface area contributed by atoms with Gasteiger partial charge in [0.15, 0.2) is 0 Å². The van der Waals surface area contributed by atoms with Gasteiger partial charge in [-0.2, -0.15) is 4.31 Å². The molecule has 1 aliphatic heterocycles. The Morgan fingerprint density at radius 3 is 2.82 bits per heavy atom. The van der Waals surface area contributed by atoms with E-state index in [1.54, 1.807) is 10.4 Å². The summed E-state index contributed by atoms with van der Waals surface area (Å²) in [5, 5.41) is 3.16. The van der Waals surface area contributed by atoms with Gasteiger partial charge in [0.25, 0.3) is 10.0 Å². The zero-order valence-corrected chi connectivity index (χ0v) is 11.8. The maximum absolute atomic E-state index is 12.4. The molecule has 0 bridgehead atoms. The molecule has 1 fully saturated rings. The molecule has 1 atom stereocenters. The van der Waals surface area contributed by atoms with E-state index in [4.69, 9.17) is 0 Å². The number of hydrogen-bond donors (Lipinski definition) is 1. The zero-order valence-electron chi connectivity index (χ0n) is 10.1. The minimum Gasteiger partial charge on any atom is -0.316 e. The zero-order chi connectivity index (χ0) is 12.5. The number of hydrogen-bond acceptors (Lipinski definition) is 4. The molecule has 1 aliphatic rings. The number of likely N-dealkylation sites (N-methyl/N-ethyl adjacent to an activating group) is 1. The third-order valence-electron chi connectivity index (χ3n) is 3.10. The summed E-state index contributed by atoms with van der Waals surface area (Å²) in [6.45, 7) is 3.14. The van der Waals surface area contributed by atoms with Crippen molar-refractivity contribution in [3.8, 4) is 0 Å². The molecule has 0 spiro atoms. The Morgan fingerprint density at radius 2 is 2.24 bits per heavy atom. The van der Waals surface area contributed by atoms with Crippen LogP contribution in [0.1, 0.15) is 17.7 Å². The lowest BCUT2D eigenvalue weighted by Crippen LogP contribution is -2.46. The van der Waals surface area contributed by atoms with Gasteiger partial charge in [0, 0.05) is 24.0 Å². The van der Waals surface area contributed by atoms with Crippen LogP contribution < -0.4 is 5.32 Å². The molecular weight excluding hydrogens is 256 g/mol. The highest BCUT2D eigenvalue weighted by molar-refractivity contribution is 7.91.